The number of nitrogens with zero attached hydrogens (tertiary/aromatic N) is 1. The van der Waals surface area contributed by atoms with Crippen molar-refractivity contribution in [2.75, 3.05) is 0 Å². The van der Waals surface area contributed by atoms with Crippen molar-refractivity contribution in [3.05, 3.63) is 0 Å². The fourth-order valence-corrected chi connectivity index (χ4v) is 3.10. The van der Waals surface area contributed by atoms with E-state index in [4.69, 9.17) is 5.84 Å². The van der Waals surface area contributed by atoms with Gasteiger partial charge in [0.15, 0.2) is 0 Å². The van der Waals surface area contributed by atoms with E-state index in [2.05, 4.69) is 6.92 Å². The van der Waals surface area contributed by atoms with E-state index in [-0.39, 0.29) is 10.8 Å². The number of hydrogen-bond acceptors (Lipinski definition) is 4. The van der Waals surface area contributed by atoms with Gasteiger partial charge in [0.2, 0.25) is 5.91 Å². The Bertz CT molecular complexity index is 327. The summed E-state index contributed by atoms with van der Waals surface area (Å²) in [5, 5.41) is 0. The van der Waals surface area contributed by atoms with E-state index in [0.29, 0.717) is 6.42 Å². The lowest BCUT2D eigenvalue weighted by molar-refractivity contribution is -0.126. The molecule has 6 heteroatoms. The first-order valence-corrected chi connectivity index (χ1v) is 10.8. The van der Waals surface area contributed by atoms with Crippen molar-refractivity contribution in [1.82, 2.24) is 4.41 Å². The van der Waals surface area contributed by atoms with E-state index in [1.165, 1.54) is 77.0 Å². The van der Waals surface area contributed by atoms with Gasteiger partial charge < -0.3 is 4.55 Å². The summed E-state index contributed by atoms with van der Waals surface area (Å²) in [4.78, 5) is 11.3. The van der Waals surface area contributed by atoms with Gasteiger partial charge in [-0.3, -0.25) is 9.00 Å². The van der Waals surface area contributed by atoms with Gasteiger partial charge >= 0.3 is 0 Å². The molecular formula is C18H37N2O3S-. The molecule has 1 unspecified atom stereocenters. The molecule has 0 aromatic rings. The van der Waals surface area contributed by atoms with Crippen LogP contribution in [0.15, 0.2) is 0 Å². The highest BCUT2D eigenvalue weighted by Crippen LogP contribution is 2.13. The molecule has 5 nitrogen and oxygen atoms in total. The van der Waals surface area contributed by atoms with Crippen LogP contribution in [0.5, 0.6) is 0 Å². The summed E-state index contributed by atoms with van der Waals surface area (Å²) in [6.07, 6.45) is 19.1. The van der Waals surface area contributed by atoms with Gasteiger partial charge in [0.05, 0.1) is 11.3 Å². The molecule has 0 radical (unpaired) electrons. The zero-order chi connectivity index (χ0) is 18.0. The molecule has 1 amide bonds. The summed E-state index contributed by atoms with van der Waals surface area (Å²) >= 11 is -2.65. The van der Waals surface area contributed by atoms with Crippen molar-refractivity contribution in [2.45, 2.75) is 110 Å². The van der Waals surface area contributed by atoms with E-state index in [1.54, 1.807) is 0 Å². The quantitative estimate of drug-likeness (QED) is 0.133. The molecule has 0 bridgehead atoms. The Hall–Kier alpha value is -0.460. The molecule has 0 aromatic heterocycles. The number of hydrazine groups is 1. The number of nitrogens with two attached hydrogens (primary N) is 1. The molecule has 0 aliphatic heterocycles. The first-order valence-electron chi connectivity index (χ1n) is 9.76. The van der Waals surface area contributed by atoms with Crippen molar-refractivity contribution < 1.29 is 13.6 Å². The summed E-state index contributed by atoms with van der Waals surface area (Å²) < 4.78 is 21.2. The molecule has 0 aliphatic carbocycles. The average molecular weight is 362 g/mol. The summed E-state index contributed by atoms with van der Waals surface area (Å²) in [6, 6.07) is 0. The smallest absolute Gasteiger partial charge is 0.247 e. The molecule has 144 valence electrons. The van der Waals surface area contributed by atoms with Gasteiger partial charge in [0.1, 0.15) is 0 Å². The molecule has 2 N–H and O–H groups in total. The van der Waals surface area contributed by atoms with Crippen molar-refractivity contribution in [3.8, 4) is 0 Å². The van der Waals surface area contributed by atoms with Gasteiger partial charge in [0, 0.05) is 6.42 Å². The van der Waals surface area contributed by atoms with Crippen molar-refractivity contribution in [3.63, 3.8) is 0 Å². The van der Waals surface area contributed by atoms with E-state index in [0.717, 1.165) is 12.8 Å². The van der Waals surface area contributed by atoms with Crippen molar-refractivity contribution in [2.24, 2.45) is 5.84 Å². The minimum atomic E-state index is -2.65. The summed E-state index contributed by atoms with van der Waals surface area (Å²) in [7, 11) is 0. The average Bonchev–Trinajstić information content (AvgIpc) is 2.57. The monoisotopic (exact) mass is 361 g/mol. The van der Waals surface area contributed by atoms with Crippen molar-refractivity contribution in [1.29, 1.82) is 0 Å². The Kier molecular flexibility index (Phi) is 17.0. The summed E-state index contributed by atoms with van der Waals surface area (Å²) in [5.74, 6) is 4.56. The number of amides is 1. The van der Waals surface area contributed by atoms with Gasteiger partial charge in [0.25, 0.3) is 0 Å². The predicted molar refractivity (Wildman–Crippen MR) is 99.5 cm³/mol. The first kappa shape index (κ1) is 23.5. The van der Waals surface area contributed by atoms with E-state index >= 15 is 0 Å². The van der Waals surface area contributed by atoms with Crippen LogP contribution in [0.3, 0.4) is 0 Å². The Labute approximate surface area is 151 Å². The third kappa shape index (κ3) is 15.1. The zero-order valence-electron chi connectivity index (χ0n) is 15.5. The summed E-state index contributed by atoms with van der Waals surface area (Å²) in [6.45, 7) is 2.26. The lowest BCUT2D eigenvalue weighted by atomic mass is 10.0. The largest absolute Gasteiger partial charge is 0.754 e. The number of unbranched alkanes of at least 4 members (excludes halogenated alkanes) is 14. The van der Waals surface area contributed by atoms with Crippen LogP contribution >= 0.6 is 0 Å². The normalized spacial score (nSPS) is 12.3. The Morgan fingerprint density at radius 1 is 0.792 bits per heavy atom. The lowest BCUT2D eigenvalue weighted by Crippen LogP contribution is -2.38. The minimum Gasteiger partial charge on any atom is -0.754 e. The van der Waals surface area contributed by atoms with Gasteiger partial charge in [-0.05, 0) is 6.42 Å². The second-order valence-electron chi connectivity index (χ2n) is 6.64. The van der Waals surface area contributed by atoms with Crippen LogP contribution in [0, 0.1) is 0 Å². The van der Waals surface area contributed by atoms with Crippen LogP contribution in [-0.2, 0) is 16.1 Å². The predicted octanol–water partition coefficient (Wildman–Crippen LogP) is 4.74. The molecule has 0 heterocycles. The van der Waals surface area contributed by atoms with E-state index in [9.17, 15) is 13.6 Å². The number of carbonyl (C=O) groups excluding carboxylic acids is 1. The minimum absolute atomic E-state index is 0.211. The third-order valence-electron chi connectivity index (χ3n) is 4.40. The molecule has 24 heavy (non-hydrogen) atoms. The molecule has 0 saturated heterocycles. The number of carbonyl (C=O) groups is 1. The second kappa shape index (κ2) is 17.4. The lowest BCUT2D eigenvalue weighted by Gasteiger charge is -2.17. The van der Waals surface area contributed by atoms with Crippen LogP contribution in [0.25, 0.3) is 0 Å². The first-order chi connectivity index (χ1) is 11.6. The van der Waals surface area contributed by atoms with Crippen molar-refractivity contribution >= 4 is 17.2 Å². The maximum atomic E-state index is 11.3. The van der Waals surface area contributed by atoms with Gasteiger partial charge in [-0.1, -0.05) is 96.8 Å². The van der Waals surface area contributed by atoms with E-state index < -0.39 is 17.2 Å². The summed E-state index contributed by atoms with van der Waals surface area (Å²) in [5.41, 5.74) is 0. The Morgan fingerprint density at radius 2 is 1.12 bits per heavy atom. The standard InChI is InChI=1S/C18H38N2O3S/c1-2-3-4-5-6-7-8-9-10-11-12-13-14-15-16-17-18(21)20(19)24(22)23/h2-17,19H2,1H3,(H,22,23)/p-1. The highest BCUT2D eigenvalue weighted by Gasteiger charge is 2.08. The second-order valence-corrected chi connectivity index (χ2v) is 7.46. The number of hydrogen-bond donors (Lipinski definition) is 1. The third-order valence-corrected chi connectivity index (χ3v) is 4.93. The van der Waals surface area contributed by atoms with Crippen LogP contribution in [0.1, 0.15) is 110 Å². The topological polar surface area (TPSA) is 86.5 Å². The number of rotatable bonds is 17. The zero-order valence-corrected chi connectivity index (χ0v) is 16.3. The molecule has 0 rings (SSSR count). The molecule has 0 aliphatic rings. The van der Waals surface area contributed by atoms with Crippen LogP contribution in [0.4, 0.5) is 0 Å². The van der Waals surface area contributed by atoms with Crippen LogP contribution in [0.2, 0.25) is 0 Å². The fourth-order valence-electron chi connectivity index (χ4n) is 2.84. The Morgan fingerprint density at radius 3 is 1.46 bits per heavy atom. The SMILES string of the molecule is CCCCCCCCCCCCCCCCCC(=O)N(N)S(=O)[O-]. The Balaban J connectivity index is 3.18. The van der Waals surface area contributed by atoms with Gasteiger partial charge in [-0.25, -0.2) is 10.3 Å². The van der Waals surface area contributed by atoms with Gasteiger partial charge in [-0.2, -0.15) is 0 Å². The van der Waals surface area contributed by atoms with Gasteiger partial charge in [-0.15, -0.1) is 0 Å². The van der Waals surface area contributed by atoms with E-state index in [1.807, 2.05) is 0 Å². The fraction of sp³-hybridized carbons (Fsp3) is 0.944. The molecule has 0 aromatic carbocycles. The maximum Gasteiger partial charge on any atom is 0.247 e. The van der Waals surface area contributed by atoms with Crippen LogP contribution < -0.4 is 5.84 Å². The molecule has 1 atom stereocenters. The molecule has 0 spiro atoms. The molecular weight excluding hydrogens is 324 g/mol. The van der Waals surface area contributed by atoms with Crippen LogP contribution in [-0.4, -0.2) is 19.1 Å². The maximum absolute atomic E-state index is 11.3. The highest BCUT2D eigenvalue weighted by atomic mass is 32.2. The highest BCUT2D eigenvalue weighted by molar-refractivity contribution is 7.77. The molecule has 0 fully saturated rings. The molecule has 0 saturated carbocycles.